The molecule has 1 atom stereocenters. The Hall–Kier alpha value is -2.03. The molecular weight excluding hydrogens is 274 g/mol. The van der Waals surface area contributed by atoms with E-state index in [1.165, 1.54) is 32.1 Å². The highest BCUT2D eigenvalue weighted by atomic mass is 16.6. The van der Waals surface area contributed by atoms with Gasteiger partial charge in [-0.2, -0.15) is 0 Å². The number of carbonyl (C=O) groups excluding carboxylic acids is 1. The summed E-state index contributed by atoms with van der Waals surface area (Å²) in [7, 11) is 0. The summed E-state index contributed by atoms with van der Waals surface area (Å²) in [6.07, 6.45) is 13.9. The molecule has 0 aromatic heterocycles. The Kier molecular flexibility index (Phi) is 4.94. The van der Waals surface area contributed by atoms with Gasteiger partial charge in [-0.1, -0.05) is 61.7 Å². The molecule has 1 aliphatic heterocycles. The van der Waals surface area contributed by atoms with Crippen LogP contribution in [0.4, 0.5) is 4.79 Å². The molecule has 0 N–H and O–H groups in total. The molecule has 1 heterocycles. The van der Waals surface area contributed by atoms with Crippen molar-refractivity contribution in [2.24, 2.45) is 5.92 Å². The lowest BCUT2D eigenvalue weighted by atomic mass is 9.82. The summed E-state index contributed by atoms with van der Waals surface area (Å²) in [5, 5.41) is 0. The van der Waals surface area contributed by atoms with E-state index in [4.69, 9.17) is 4.74 Å². The number of benzene rings is 1. The molecule has 1 fully saturated rings. The molecule has 0 bridgehead atoms. The summed E-state index contributed by atoms with van der Waals surface area (Å²) in [6.45, 7) is 0.325. The maximum absolute atomic E-state index is 12.4. The van der Waals surface area contributed by atoms with E-state index in [2.05, 4.69) is 6.08 Å². The van der Waals surface area contributed by atoms with Crippen LogP contribution in [0.2, 0.25) is 0 Å². The Morgan fingerprint density at radius 2 is 1.86 bits per heavy atom. The van der Waals surface area contributed by atoms with E-state index in [1.807, 2.05) is 48.7 Å². The standard InChI is InChI=1S/C19H23NO2/c21-19(22-15-16-9-3-1-4-10-16)20-14-8-7-13-18(20)17-11-5-2-6-12-17/h1,3-4,7-10,13-14,17-18H,2,5-6,11-12,15H2. The number of amides is 1. The second kappa shape index (κ2) is 7.30. The summed E-state index contributed by atoms with van der Waals surface area (Å²) in [6, 6.07) is 9.96. The van der Waals surface area contributed by atoms with E-state index < -0.39 is 0 Å². The zero-order valence-corrected chi connectivity index (χ0v) is 12.9. The van der Waals surface area contributed by atoms with Crippen molar-refractivity contribution in [3.63, 3.8) is 0 Å². The minimum atomic E-state index is -0.250. The molecule has 1 amide bonds. The highest BCUT2D eigenvalue weighted by molar-refractivity contribution is 5.70. The van der Waals surface area contributed by atoms with Gasteiger partial charge < -0.3 is 4.74 Å². The molecule has 0 radical (unpaired) electrons. The fraction of sp³-hybridized carbons (Fsp3) is 0.421. The molecule has 3 nitrogen and oxygen atoms in total. The largest absolute Gasteiger partial charge is 0.444 e. The Morgan fingerprint density at radius 1 is 1.09 bits per heavy atom. The number of rotatable bonds is 3. The van der Waals surface area contributed by atoms with Crippen LogP contribution in [0.25, 0.3) is 0 Å². The Labute approximate surface area is 132 Å². The minimum Gasteiger partial charge on any atom is -0.444 e. The van der Waals surface area contributed by atoms with Gasteiger partial charge in [-0.25, -0.2) is 4.79 Å². The lowest BCUT2D eigenvalue weighted by Crippen LogP contribution is -2.41. The molecule has 3 heteroatoms. The van der Waals surface area contributed by atoms with Crippen molar-refractivity contribution < 1.29 is 9.53 Å². The number of allylic oxidation sites excluding steroid dienone is 2. The molecule has 22 heavy (non-hydrogen) atoms. The van der Waals surface area contributed by atoms with Crippen molar-refractivity contribution in [1.82, 2.24) is 4.90 Å². The van der Waals surface area contributed by atoms with E-state index in [-0.39, 0.29) is 12.1 Å². The molecule has 1 saturated carbocycles. The fourth-order valence-corrected chi connectivity index (χ4v) is 3.35. The lowest BCUT2D eigenvalue weighted by molar-refractivity contribution is 0.0909. The lowest BCUT2D eigenvalue weighted by Gasteiger charge is -2.35. The van der Waals surface area contributed by atoms with E-state index in [0.717, 1.165) is 5.56 Å². The first-order chi connectivity index (χ1) is 10.8. The molecular formula is C19H23NO2. The van der Waals surface area contributed by atoms with Gasteiger partial charge in [-0.05, 0) is 30.4 Å². The smallest absolute Gasteiger partial charge is 0.414 e. The SMILES string of the molecule is O=C(OCc1ccccc1)N1C=CC=CC1C1CCCCC1. The van der Waals surface area contributed by atoms with E-state index in [1.54, 1.807) is 4.90 Å². The predicted molar refractivity (Wildman–Crippen MR) is 87.1 cm³/mol. The first-order valence-electron chi connectivity index (χ1n) is 8.18. The zero-order valence-electron chi connectivity index (χ0n) is 12.9. The highest BCUT2D eigenvalue weighted by Crippen LogP contribution is 2.31. The van der Waals surface area contributed by atoms with Gasteiger partial charge in [-0.15, -0.1) is 0 Å². The van der Waals surface area contributed by atoms with Gasteiger partial charge in [0.25, 0.3) is 0 Å². The van der Waals surface area contributed by atoms with Gasteiger partial charge in [0, 0.05) is 6.20 Å². The maximum Gasteiger partial charge on any atom is 0.414 e. The van der Waals surface area contributed by atoms with Gasteiger partial charge in [0.1, 0.15) is 6.61 Å². The van der Waals surface area contributed by atoms with Crippen molar-refractivity contribution in [3.8, 4) is 0 Å². The molecule has 116 valence electrons. The van der Waals surface area contributed by atoms with Crippen LogP contribution in [0.5, 0.6) is 0 Å². The van der Waals surface area contributed by atoms with Crippen molar-refractivity contribution in [1.29, 1.82) is 0 Å². The van der Waals surface area contributed by atoms with Crippen LogP contribution in [-0.2, 0) is 11.3 Å². The zero-order chi connectivity index (χ0) is 15.2. The fourth-order valence-electron chi connectivity index (χ4n) is 3.35. The van der Waals surface area contributed by atoms with Crippen LogP contribution in [0, 0.1) is 5.92 Å². The van der Waals surface area contributed by atoms with Gasteiger partial charge >= 0.3 is 6.09 Å². The summed E-state index contributed by atoms with van der Waals surface area (Å²) in [4.78, 5) is 14.2. The molecule has 1 aromatic carbocycles. The van der Waals surface area contributed by atoms with Crippen LogP contribution >= 0.6 is 0 Å². The summed E-state index contributed by atoms with van der Waals surface area (Å²) in [5.74, 6) is 0.555. The second-order valence-corrected chi connectivity index (χ2v) is 6.06. The quantitative estimate of drug-likeness (QED) is 0.812. The first-order valence-corrected chi connectivity index (χ1v) is 8.18. The highest BCUT2D eigenvalue weighted by Gasteiger charge is 2.30. The van der Waals surface area contributed by atoms with Crippen LogP contribution in [0.15, 0.2) is 54.8 Å². The summed E-state index contributed by atoms with van der Waals surface area (Å²) >= 11 is 0. The van der Waals surface area contributed by atoms with Crippen molar-refractivity contribution in [2.75, 3.05) is 0 Å². The molecule has 3 rings (SSSR count). The van der Waals surface area contributed by atoms with Gasteiger partial charge in [0.05, 0.1) is 6.04 Å². The average Bonchev–Trinajstić information content (AvgIpc) is 2.61. The topological polar surface area (TPSA) is 29.5 Å². The molecule has 2 aliphatic rings. The number of nitrogens with zero attached hydrogens (tertiary/aromatic N) is 1. The van der Waals surface area contributed by atoms with Crippen LogP contribution in [-0.4, -0.2) is 17.0 Å². The number of carbonyl (C=O) groups is 1. The predicted octanol–water partition coefficient (Wildman–Crippen LogP) is 4.66. The van der Waals surface area contributed by atoms with Crippen molar-refractivity contribution in [3.05, 3.63) is 60.3 Å². The number of hydrogen-bond donors (Lipinski definition) is 0. The monoisotopic (exact) mass is 297 g/mol. The van der Waals surface area contributed by atoms with Crippen LogP contribution < -0.4 is 0 Å². The Balaban J connectivity index is 1.61. The van der Waals surface area contributed by atoms with E-state index >= 15 is 0 Å². The van der Waals surface area contributed by atoms with Crippen LogP contribution in [0.3, 0.4) is 0 Å². The maximum atomic E-state index is 12.4. The van der Waals surface area contributed by atoms with Gasteiger partial charge in [-0.3, -0.25) is 4.90 Å². The van der Waals surface area contributed by atoms with E-state index in [0.29, 0.717) is 12.5 Å². The number of ether oxygens (including phenoxy) is 1. The molecule has 1 aromatic rings. The number of hydrogen-bond acceptors (Lipinski definition) is 2. The molecule has 0 saturated heterocycles. The third-order valence-corrected chi connectivity index (χ3v) is 4.54. The van der Waals surface area contributed by atoms with E-state index in [9.17, 15) is 4.79 Å². The van der Waals surface area contributed by atoms with Crippen LogP contribution in [0.1, 0.15) is 37.7 Å². The third-order valence-electron chi connectivity index (χ3n) is 4.54. The van der Waals surface area contributed by atoms with Crippen molar-refractivity contribution >= 4 is 6.09 Å². The molecule has 1 unspecified atom stereocenters. The second-order valence-electron chi connectivity index (χ2n) is 6.06. The average molecular weight is 297 g/mol. The third kappa shape index (κ3) is 3.59. The summed E-state index contributed by atoms with van der Waals surface area (Å²) < 4.78 is 5.49. The Bertz CT molecular complexity index is 544. The van der Waals surface area contributed by atoms with Crippen molar-refractivity contribution in [2.45, 2.75) is 44.8 Å². The molecule has 1 aliphatic carbocycles. The normalized spacial score (nSPS) is 21.8. The minimum absolute atomic E-state index is 0.147. The van der Waals surface area contributed by atoms with Gasteiger partial charge in [0.15, 0.2) is 0 Å². The first kappa shape index (κ1) is 14.9. The van der Waals surface area contributed by atoms with Gasteiger partial charge in [0.2, 0.25) is 0 Å². The molecule has 0 spiro atoms. The Morgan fingerprint density at radius 3 is 2.64 bits per heavy atom. The summed E-state index contributed by atoms with van der Waals surface area (Å²) in [5.41, 5.74) is 1.02.